The van der Waals surface area contributed by atoms with Crippen LogP contribution >= 0.6 is 0 Å². The predicted octanol–water partition coefficient (Wildman–Crippen LogP) is 2.52. The molecule has 1 atom stereocenters. The minimum atomic E-state index is -0.459. The number of primary amides is 1. The quantitative estimate of drug-likeness (QED) is 0.811. The monoisotopic (exact) mass is 292 g/mol. The van der Waals surface area contributed by atoms with E-state index in [9.17, 15) is 4.79 Å². The van der Waals surface area contributed by atoms with Crippen molar-refractivity contribution in [2.45, 2.75) is 52.5 Å². The molecule has 0 radical (unpaired) electrons. The van der Waals surface area contributed by atoms with Crippen LogP contribution in [0.4, 0.5) is 0 Å². The van der Waals surface area contributed by atoms with E-state index < -0.39 is 6.04 Å². The highest BCUT2D eigenvalue weighted by atomic mass is 16.5. The Kier molecular flexibility index (Phi) is 6.21. The molecule has 0 fully saturated rings. The molecule has 0 saturated carbocycles. The van der Waals surface area contributed by atoms with Gasteiger partial charge in [-0.25, -0.2) is 0 Å². The molecule has 1 aromatic carbocycles. The average molecular weight is 292 g/mol. The van der Waals surface area contributed by atoms with E-state index in [1.807, 2.05) is 19.1 Å². The zero-order valence-corrected chi connectivity index (χ0v) is 13.8. The Labute approximate surface area is 128 Å². The first-order valence-corrected chi connectivity index (χ1v) is 7.52. The molecule has 1 aromatic rings. The second-order valence-electron chi connectivity index (χ2n) is 6.47. The minimum Gasteiger partial charge on any atom is -0.491 e. The van der Waals surface area contributed by atoms with E-state index >= 15 is 0 Å². The van der Waals surface area contributed by atoms with Gasteiger partial charge in [0.05, 0.1) is 0 Å². The molecule has 0 saturated heterocycles. The predicted molar refractivity (Wildman–Crippen MR) is 86.7 cm³/mol. The standard InChI is InChI=1S/C17H28N2O2/c1-6-9-19-14(16(18)20)11-21-15-8-7-12(2)10-13(15)17(3,4)5/h7-8,10,14,19H,6,9,11H2,1-5H3,(H2,18,20). The lowest BCUT2D eigenvalue weighted by molar-refractivity contribution is -0.120. The Morgan fingerprint density at radius 2 is 2.05 bits per heavy atom. The lowest BCUT2D eigenvalue weighted by Crippen LogP contribution is -2.45. The third kappa shape index (κ3) is 5.38. The van der Waals surface area contributed by atoms with Crippen LogP contribution in [-0.4, -0.2) is 25.1 Å². The molecule has 3 N–H and O–H groups in total. The summed E-state index contributed by atoms with van der Waals surface area (Å²) in [6.07, 6.45) is 0.946. The maximum absolute atomic E-state index is 11.4. The molecule has 1 amide bonds. The molecule has 0 aromatic heterocycles. The second kappa shape index (κ2) is 7.46. The van der Waals surface area contributed by atoms with Gasteiger partial charge in [-0.3, -0.25) is 4.79 Å². The van der Waals surface area contributed by atoms with Gasteiger partial charge in [0, 0.05) is 0 Å². The van der Waals surface area contributed by atoms with E-state index in [1.54, 1.807) is 0 Å². The number of nitrogens with two attached hydrogens (primary N) is 1. The molecule has 0 spiro atoms. The highest BCUT2D eigenvalue weighted by Crippen LogP contribution is 2.32. The van der Waals surface area contributed by atoms with Crippen LogP contribution in [0.1, 0.15) is 45.2 Å². The van der Waals surface area contributed by atoms with Crippen molar-refractivity contribution in [3.63, 3.8) is 0 Å². The fraction of sp³-hybridized carbons (Fsp3) is 0.588. The van der Waals surface area contributed by atoms with E-state index in [0.29, 0.717) is 0 Å². The van der Waals surface area contributed by atoms with Gasteiger partial charge in [0.25, 0.3) is 0 Å². The zero-order valence-electron chi connectivity index (χ0n) is 13.8. The van der Waals surface area contributed by atoms with Crippen molar-refractivity contribution in [2.24, 2.45) is 5.73 Å². The number of ether oxygens (including phenoxy) is 1. The summed E-state index contributed by atoms with van der Waals surface area (Å²) in [5.41, 5.74) is 7.73. The number of hydrogen-bond acceptors (Lipinski definition) is 3. The number of aryl methyl sites for hydroxylation is 1. The summed E-state index contributed by atoms with van der Waals surface area (Å²) < 4.78 is 5.88. The van der Waals surface area contributed by atoms with E-state index in [-0.39, 0.29) is 17.9 Å². The van der Waals surface area contributed by atoms with Crippen LogP contribution in [0.15, 0.2) is 18.2 Å². The summed E-state index contributed by atoms with van der Waals surface area (Å²) in [7, 11) is 0. The van der Waals surface area contributed by atoms with Crippen molar-refractivity contribution in [1.82, 2.24) is 5.32 Å². The number of nitrogens with one attached hydrogen (secondary N) is 1. The van der Waals surface area contributed by atoms with Gasteiger partial charge in [0.15, 0.2) is 0 Å². The molecule has 118 valence electrons. The summed E-state index contributed by atoms with van der Waals surface area (Å²) in [6, 6.07) is 5.66. The summed E-state index contributed by atoms with van der Waals surface area (Å²) in [5, 5.41) is 3.11. The van der Waals surface area contributed by atoms with Crippen molar-refractivity contribution in [3.05, 3.63) is 29.3 Å². The Morgan fingerprint density at radius 3 is 2.57 bits per heavy atom. The molecule has 21 heavy (non-hydrogen) atoms. The fourth-order valence-corrected chi connectivity index (χ4v) is 2.09. The largest absolute Gasteiger partial charge is 0.491 e. The number of rotatable bonds is 7. The van der Waals surface area contributed by atoms with Crippen molar-refractivity contribution < 1.29 is 9.53 Å². The van der Waals surface area contributed by atoms with Gasteiger partial charge >= 0.3 is 0 Å². The van der Waals surface area contributed by atoms with Crippen molar-refractivity contribution in [3.8, 4) is 5.75 Å². The molecule has 0 bridgehead atoms. The van der Waals surface area contributed by atoms with E-state index in [0.717, 1.165) is 24.3 Å². The Morgan fingerprint density at radius 1 is 1.38 bits per heavy atom. The molecule has 0 aliphatic rings. The van der Waals surface area contributed by atoms with Crippen LogP contribution in [0, 0.1) is 6.92 Å². The first-order chi connectivity index (χ1) is 9.75. The Bertz CT molecular complexity index is 478. The minimum absolute atomic E-state index is 0.0135. The fourth-order valence-electron chi connectivity index (χ4n) is 2.09. The van der Waals surface area contributed by atoms with Gasteiger partial charge < -0.3 is 15.8 Å². The first-order valence-electron chi connectivity index (χ1n) is 7.52. The van der Waals surface area contributed by atoms with E-state index in [1.165, 1.54) is 5.56 Å². The number of carbonyl (C=O) groups excluding carboxylic acids is 1. The van der Waals surface area contributed by atoms with Crippen LogP contribution < -0.4 is 15.8 Å². The number of carbonyl (C=O) groups is 1. The SMILES string of the molecule is CCCNC(COc1ccc(C)cc1C(C)(C)C)C(N)=O. The molecular weight excluding hydrogens is 264 g/mol. The van der Waals surface area contributed by atoms with Crippen molar-refractivity contribution >= 4 is 5.91 Å². The molecule has 0 aliphatic heterocycles. The lowest BCUT2D eigenvalue weighted by Gasteiger charge is -2.24. The molecule has 0 heterocycles. The van der Waals surface area contributed by atoms with Crippen LogP contribution in [0.25, 0.3) is 0 Å². The highest BCUT2D eigenvalue weighted by molar-refractivity contribution is 5.80. The summed E-state index contributed by atoms with van der Waals surface area (Å²) in [4.78, 5) is 11.4. The molecule has 1 rings (SSSR count). The van der Waals surface area contributed by atoms with Gasteiger partial charge in [-0.2, -0.15) is 0 Å². The topological polar surface area (TPSA) is 64.3 Å². The lowest BCUT2D eigenvalue weighted by atomic mass is 9.85. The molecular formula is C17H28N2O2. The first kappa shape index (κ1) is 17.5. The summed E-state index contributed by atoms with van der Waals surface area (Å²) >= 11 is 0. The van der Waals surface area contributed by atoms with E-state index in [4.69, 9.17) is 10.5 Å². The van der Waals surface area contributed by atoms with E-state index in [2.05, 4.69) is 39.1 Å². The van der Waals surface area contributed by atoms with Crippen LogP contribution in [0.2, 0.25) is 0 Å². The molecule has 0 aliphatic carbocycles. The molecule has 1 unspecified atom stereocenters. The highest BCUT2D eigenvalue weighted by Gasteiger charge is 2.21. The van der Waals surface area contributed by atoms with Crippen LogP contribution in [0.5, 0.6) is 5.75 Å². The smallest absolute Gasteiger partial charge is 0.238 e. The Balaban J connectivity index is 2.85. The van der Waals surface area contributed by atoms with Crippen molar-refractivity contribution in [2.75, 3.05) is 13.2 Å². The zero-order chi connectivity index (χ0) is 16.0. The third-order valence-electron chi connectivity index (χ3n) is 3.33. The Hall–Kier alpha value is -1.55. The maximum atomic E-state index is 11.4. The number of amides is 1. The average Bonchev–Trinajstić information content (AvgIpc) is 2.38. The molecule has 4 heteroatoms. The van der Waals surface area contributed by atoms with Gasteiger partial charge in [0.2, 0.25) is 5.91 Å². The number of hydrogen-bond donors (Lipinski definition) is 2. The third-order valence-corrected chi connectivity index (χ3v) is 3.33. The summed E-state index contributed by atoms with van der Waals surface area (Å²) in [5.74, 6) is 0.436. The van der Waals surface area contributed by atoms with Gasteiger partial charge in [-0.15, -0.1) is 0 Å². The summed E-state index contributed by atoms with van der Waals surface area (Å²) in [6.45, 7) is 11.6. The maximum Gasteiger partial charge on any atom is 0.238 e. The van der Waals surface area contributed by atoms with Crippen LogP contribution in [-0.2, 0) is 10.2 Å². The van der Waals surface area contributed by atoms with Gasteiger partial charge in [-0.1, -0.05) is 45.4 Å². The normalized spacial score (nSPS) is 13.0. The second-order valence-corrected chi connectivity index (χ2v) is 6.47. The van der Waals surface area contributed by atoms with Crippen molar-refractivity contribution in [1.29, 1.82) is 0 Å². The van der Waals surface area contributed by atoms with Crippen LogP contribution in [0.3, 0.4) is 0 Å². The number of benzene rings is 1. The molecule has 4 nitrogen and oxygen atoms in total. The van der Waals surface area contributed by atoms with Gasteiger partial charge in [0.1, 0.15) is 18.4 Å². The van der Waals surface area contributed by atoms with Gasteiger partial charge in [-0.05, 0) is 36.9 Å².